The van der Waals surface area contributed by atoms with Crippen molar-refractivity contribution in [3.8, 4) is 11.5 Å². The number of methoxy groups -OCH3 is 1. The van der Waals surface area contributed by atoms with E-state index in [2.05, 4.69) is 5.32 Å². The van der Waals surface area contributed by atoms with E-state index in [1.165, 1.54) is 0 Å². The standard InChI is InChI=1S/C25H30N2O5/c1-16-6-4-7-17(2)25(16)26-22(28)15-27-14-19(13-23(27)29)18-9-10-20(30-3)21(12-18)32-24-8-5-11-31-24/h4,6-7,9-10,12,19,24H,5,8,11,13-15H2,1-3H3,(H,26,28)/t19-,24?/m1/s1. The summed E-state index contributed by atoms with van der Waals surface area (Å²) < 4.78 is 17.0. The molecule has 2 heterocycles. The van der Waals surface area contributed by atoms with E-state index in [4.69, 9.17) is 14.2 Å². The second-order valence-electron chi connectivity index (χ2n) is 8.46. The van der Waals surface area contributed by atoms with E-state index >= 15 is 0 Å². The molecular weight excluding hydrogens is 408 g/mol. The van der Waals surface area contributed by atoms with Crippen molar-refractivity contribution in [3.05, 3.63) is 53.1 Å². The number of para-hydroxylation sites is 1. The number of aryl methyl sites for hydroxylation is 2. The molecule has 7 heteroatoms. The third-order valence-corrected chi connectivity index (χ3v) is 6.10. The summed E-state index contributed by atoms with van der Waals surface area (Å²) in [6.45, 7) is 5.14. The van der Waals surface area contributed by atoms with Gasteiger partial charge < -0.3 is 24.4 Å². The molecule has 0 aromatic heterocycles. The summed E-state index contributed by atoms with van der Waals surface area (Å²) in [5.74, 6) is 1.04. The fraction of sp³-hybridized carbons (Fsp3) is 0.440. The van der Waals surface area contributed by atoms with E-state index in [0.717, 1.165) is 35.2 Å². The van der Waals surface area contributed by atoms with Gasteiger partial charge in [-0.25, -0.2) is 0 Å². The highest BCUT2D eigenvalue weighted by Gasteiger charge is 2.32. The first-order valence-corrected chi connectivity index (χ1v) is 11.0. The highest BCUT2D eigenvalue weighted by atomic mass is 16.7. The second kappa shape index (κ2) is 9.61. The number of hydrogen-bond acceptors (Lipinski definition) is 5. The molecule has 2 aromatic rings. The molecule has 0 saturated carbocycles. The molecule has 7 nitrogen and oxygen atoms in total. The average Bonchev–Trinajstić information content (AvgIpc) is 3.41. The van der Waals surface area contributed by atoms with Crippen LogP contribution in [0.2, 0.25) is 0 Å². The van der Waals surface area contributed by atoms with E-state index in [1.807, 2.05) is 50.2 Å². The number of carbonyl (C=O) groups is 2. The lowest BCUT2D eigenvalue weighted by Gasteiger charge is -2.19. The minimum atomic E-state index is -0.269. The summed E-state index contributed by atoms with van der Waals surface area (Å²) in [6.07, 6.45) is 1.92. The van der Waals surface area contributed by atoms with Gasteiger partial charge in [-0.05, 0) is 49.1 Å². The van der Waals surface area contributed by atoms with Crippen LogP contribution in [0.1, 0.15) is 41.9 Å². The van der Waals surface area contributed by atoms with Gasteiger partial charge in [0, 0.05) is 31.0 Å². The molecule has 4 rings (SSSR count). The first-order valence-electron chi connectivity index (χ1n) is 11.0. The number of rotatable bonds is 7. The van der Waals surface area contributed by atoms with Crippen LogP contribution in [0, 0.1) is 13.8 Å². The van der Waals surface area contributed by atoms with Crippen molar-refractivity contribution in [1.29, 1.82) is 0 Å². The van der Waals surface area contributed by atoms with E-state index in [0.29, 0.717) is 31.1 Å². The zero-order valence-electron chi connectivity index (χ0n) is 18.8. The number of nitrogens with one attached hydrogen (secondary N) is 1. The van der Waals surface area contributed by atoms with Crippen molar-refractivity contribution >= 4 is 17.5 Å². The number of nitrogens with zero attached hydrogens (tertiary/aromatic N) is 1. The zero-order valence-corrected chi connectivity index (χ0v) is 18.8. The SMILES string of the molecule is COc1ccc([C@@H]2CC(=O)N(CC(=O)Nc3c(C)cccc3C)C2)cc1OC1CCCO1. The van der Waals surface area contributed by atoms with Crippen LogP contribution in [-0.2, 0) is 14.3 Å². The van der Waals surface area contributed by atoms with Crippen LogP contribution >= 0.6 is 0 Å². The molecule has 0 spiro atoms. The van der Waals surface area contributed by atoms with Gasteiger partial charge in [0.1, 0.15) is 0 Å². The van der Waals surface area contributed by atoms with Gasteiger partial charge in [-0.15, -0.1) is 0 Å². The monoisotopic (exact) mass is 438 g/mol. The molecule has 1 unspecified atom stereocenters. The number of likely N-dealkylation sites (tertiary alicyclic amines) is 1. The number of hydrogen-bond donors (Lipinski definition) is 1. The summed E-state index contributed by atoms with van der Waals surface area (Å²) in [4.78, 5) is 26.9. The molecule has 2 atom stereocenters. The van der Waals surface area contributed by atoms with Crippen LogP contribution in [0.25, 0.3) is 0 Å². The van der Waals surface area contributed by atoms with E-state index in [-0.39, 0.29) is 30.6 Å². The minimum absolute atomic E-state index is 0.00625. The van der Waals surface area contributed by atoms with Crippen LogP contribution in [0.15, 0.2) is 36.4 Å². The molecule has 2 saturated heterocycles. The third-order valence-electron chi connectivity index (χ3n) is 6.10. The van der Waals surface area contributed by atoms with Gasteiger partial charge in [0.15, 0.2) is 17.8 Å². The van der Waals surface area contributed by atoms with Crippen molar-refractivity contribution < 1.29 is 23.8 Å². The van der Waals surface area contributed by atoms with Crippen molar-refractivity contribution in [3.63, 3.8) is 0 Å². The van der Waals surface area contributed by atoms with Crippen LogP contribution in [0.5, 0.6) is 11.5 Å². The fourth-order valence-electron chi connectivity index (χ4n) is 4.33. The molecule has 1 N–H and O–H groups in total. The smallest absolute Gasteiger partial charge is 0.244 e. The minimum Gasteiger partial charge on any atom is -0.493 e. The molecule has 170 valence electrons. The topological polar surface area (TPSA) is 77.1 Å². The normalized spacial score (nSPS) is 20.5. The summed E-state index contributed by atoms with van der Waals surface area (Å²) in [5.41, 5.74) is 3.80. The molecule has 2 amide bonds. The Morgan fingerprint density at radius 3 is 2.66 bits per heavy atom. The third kappa shape index (κ3) is 4.88. The molecule has 2 aliphatic heterocycles. The van der Waals surface area contributed by atoms with Crippen LogP contribution < -0.4 is 14.8 Å². The Kier molecular flexibility index (Phi) is 6.65. The predicted molar refractivity (Wildman–Crippen MR) is 121 cm³/mol. The number of amides is 2. The Hall–Kier alpha value is -3.06. The Labute approximate surface area is 188 Å². The molecule has 0 aliphatic carbocycles. The summed E-state index contributed by atoms with van der Waals surface area (Å²) in [5, 5.41) is 2.96. The summed E-state index contributed by atoms with van der Waals surface area (Å²) >= 11 is 0. The maximum absolute atomic E-state index is 12.6. The number of benzene rings is 2. The highest BCUT2D eigenvalue weighted by Crippen LogP contribution is 2.36. The number of ether oxygens (including phenoxy) is 3. The van der Waals surface area contributed by atoms with Gasteiger partial charge in [0.2, 0.25) is 11.8 Å². The van der Waals surface area contributed by atoms with Crippen molar-refractivity contribution in [2.24, 2.45) is 0 Å². The van der Waals surface area contributed by atoms with Crippen LogP contribution in [-0.4, -0.2) is 49.8 Å². The van der Waals surface area contributed by atoms with Gasteiger partial charge in [-0.1, -0.05) is 24.3 Å². The van der Waals surface area contributed by atoms with Crippen LogP contribution in [0.3, 0.4) is 0 Å². The van der Waals surface area contributed by atoms with Gasteiger partial charge in [0.05, 0.1) is 20.3 Å². The van der Waals surface area contributed by atoms with Crippen molar-refractivity contribution in [2.45, 2.75) is 45.3 Å². The lowest BCUT2D eigenvalue weighted by atomic mass is 9.98. The molecule has 0 bridgehead atoms. The van der Waals surface area contributed by atoms with Gasteiger partial charge in [-0.3, -0.25) is 9.59 Å². The summed E-state index contributed by atoms with van der Waals surface area (Å²) in [7, 11) is 1.60. The van der Waals surface area contributed by atoms with E-state index < -0.39 is 0 Å². The van der Waals surface area contributed by atoms with E-state index in [9.17, 15) is 9.59 Å². The Morgan fingerprint density at radius 1 is 1.19 bits per heavy atom. The van der Waals surface area contributed by atoms with Crippen molar-refractivity contribution in [2.75, 3.05) is 32.1 Å². The quantitative estimate of drug-likeness (QED) is 0.712. The first-order chi connectivity index (χ1) is 15.4. The van der Waals surface area contributed by atoms with E-state index in [1.54, 1.807) is 12.0 Å². The Balaban J connectivity index is 1.42. The molecule has 2 aliphatic rings. The Bertz CT molecular complexity index is 980. The van der Waals surface area contributed by atoms with Gasteiger partial charge in [0.25, 0.3) is 0 Å². The summed E-state index contributed by atoms with van der Waals surface area (Å²) in [6, 6.07) is 11.6. The van der Waals surface area contributed by atoms with Crippen molar-refractivity contribution in [1.82, 2.24) is 4.90 Å². The zero-order chi connectivity index (χ0) is 22.7. The Morgan fingerprint density at radius 2 is 1.97 bits per heavy atom. The molecule has 2 aromatic carbocycles. The predicted octanol–water partition coefficient (Wildman–Crippen LogP) is 3.78. The lowest BCUT2D eigenvalue weighted by Crippen LogP contribution is -2.34. The molecule has 2 fully saturated rings. The maximum atomic E-state index is 12.6. The second-order valence-corrected chi connectivity index (χ2v) is 8.46. The lowest BCUT2D eigenvalue weighted by molar-refractivity contribution is -0.131. The number of carbonyl (C=O) groups excluding carboxylic acids is 2. The molecule has 32 heavy (non-hydrogen) atoms. The largest absolute Gasteiger partial charge is 0.493 e. The fourth-order valence-corrected chi connectivity index (χ4v) is 4.33. The molecule has 0 radical (unpaired) electrons. The first kappa shape index (κ1) is 22.1. The van der Waals surface area contributed by atoms with Crippen LogP contribution in [0.4, 0.5) is 5.69 Å². The average molecular weight is 439 g/mol. The maximum Gasteiger partial charge on any atom is 0.244 e. The van der Waals surface area contributed by atoms with Gasteiger partial charge in [-0.2, -0.15) is 0 Å². The highest BCUT2D eigenvalue weighted by molar-refractivity contribution is 5.96. The van der Waals surface area contributed by atoms with Gasteiger partial charge >= 0.3 is 0 Å². The number of anilines is 1. The molecular formula is C25H30N2O5.